The molecule has 0 aromatic heterocycles. The summed E-state index contributed by atoms with van der Waals surface area (Å²) in [6.45, 7) is 2.07. The molecule has 3 fully saturated rings. The summed E-state index contributed by atoms with van der Waals surface area (Å²) >= 11 is -0.705. The molecule has 3 nitrogen and oxygen atoms in total. The van der Waals surface area contributed by atoms with E-state index < -0.39 is 11.4 Å². The van der Waals surface area contributed by atoms with Gasteiger partial charge in [0.1, 0.15) is 5.75 Å². The van der Waals surface area contributed by atoms with Crippen LogP contribution >= 0.6 is 0 Å². The first kappa shape index (κ1) is 13.2. The van der Waals surface area contributed by atoms with Crippen molar-refractivity contribution in [2.45, 2.75) is 63.5 Å². The normalized spacial score (nSPS) is 41.8. The Morgan fingerprint density at radius 2 is 1.94 bits per heavy atom. The van der Waals surface area contributed by atoms with E-state index in [4.69, 9.17) is 0 Å². The average molecular weight is 270 g/mol. The fourth-order valence-electron chi connectivity index (χ4n) is 3.82. The minimum Gasteiger partial charge on any atom is -0.598 e. The molecule has 4 heteroatoms. The summed E-state index contributed by atoms with van der Waals surface area (Å²) in [7, 11) is 0. The van der Waals surface area contributed by atoms with Crippen LogP contribution in [0.2, 0.25) is 0 Å². The molecular formula is C14H26N2OS. The number of hydrogen-bond donors (Lipinski definition) is 1. The van der Waals surface area contributed by atoms with Crippen molar-refractivity contribution in [3.05, 3.63) is 0 Å². The Kier molecular flexibility index (Phi) is 4.50. The lowest BCUT2D eigenvalue weighted by molar-refractivity contribution is 0.206. The molecule has 18 heavy (non-hydrogen) atoms. The molecule has 2 heterocycles. The lowest BCUT2D eigenvalue weighted by Crippen LogP contribution is -2.57. The highest BCUT2D eigenvalue weighted by Crippen LogP contribution is 2.31. The Hall–Kier alpha value is 0.230. The Labute approximate surface area is 114 Å². The summed E-state index contributed by atoms with van der Waals surface area (Å²) in [5, 5.41) is 3.66. The molecule has 4 atom stereocenters. The lowest BCUT2D eigenvalue weighted by atomic mass is 9.97. The fraction of sp³-hybridized carbons (Fsp3) is 1.00. The van der Waals surface area contributed by atoms with Crippen LogP contribution in [-0.4, -0.2) is 39.8 Å². The molecule has 3 aliphatic rings. The topological polar surface area (TPSA) is 38.3 Å². The molecule has 104 valence electrons. The maximum Gasteiger partial charge on any atom is 0.125 e. The highest BCUT2D eigenvalue weighted by molar-refractivity contribution is 7.89. The van der Waals surface area contributed by atoms with E-state index in [0.29, 0.717) is 12.1 Å². The number of nitrogens with zero attached hydrogens (tertiary/aromatic N) is 1. The van der Waals surface area contributed by atoms with E-state index in [-0.39, 0.29) is 0 Å². The van der Waals surface area contributed by atoms with Gasteiger partial charge in [-0.25, -0.2) is 0 Å². The number of hydrogen-bond acceptors (Lipinski definition) is 3. The van der Waals surface area contributed by atoms with Crippen molar-refractivity contribution in [3.8, 4) is 0 Å². The van der Waals surface area contributed by atoms with E-state index in [0.717, 1.165) is 31.2 Å². The van der Waals surface area contributed by atoms with Gasteiger partial charge in [-0.15, -0.1) is 4.31 Å². The Bertz CT molecular complexity index is 271. The van der Waals surface area contributed by atoms with Gasteiger partial charge < -0.3 is 9.87 Å². The predicted molar refractivity (Wildman–Crippen MR) is 75.7 cm³/mol. The fourth-order valence-corrected chi connectivity index (χ4v) is 5.33. The number of piperazine rings is 1. The van der Waals surface area contributed by atoms with Gasteiger partial charge in [-0.1, -0.05) is 25.7 Å². The van der Waals surface area contributed by atoms with Crippen molar-refractivity contribution < 1.29 is 4.55 Å². The molecule has 0 spiro atoms. The third-order valence-electron chi connectivity index (χ3n) is 4.97. The smallest absolute Gasteiger partial charge is 0.125 e. The van der Waals surface area contributed by atoms with Crippen LogP contribution in [0.3, 0.4) is 0 Å². The van der Waals surface area contributed by atoms with Gasteiger partial charge in [0.2, 0.25) is 0 Å². The third kappa shape index (κ3) is 3.03. The van der Waals surface area contributed by atoms with Crippen LogP contribution in [0.5, 0.6) is 0 Å². The minimum atomic E-state index is -0.705. The van der Waals surface area contributed by atoms with Gasteiger partial charge in [0.25, 0.3) is 0 Å². The van der Waals surface area contributed by atoms with E-state index in [1.807, 2.05) is 0 Å². The predicted octanol–water partition coefficient (Wildman–Crippen LogP) is 2.06. The van der Waals surface area contributed by atoms with Crippen molar-refractivity contribution >= 4 is 11.4 Å². The highest BCUT2D eigenvalue weighted by atomic mass is 32.2. The quantitative estimate of drug-likeness (QED) is 0.798. The summed E-state index contributed by atoms with van der Waals surface area (Å²) < 4.78 is 14.5. The van der Waals surface area contributed by atoms with Gasteiger partial charge >= 0.3 is 0 Å². The Morgan fingerprint density at radius 1 is 1.11 bits per heavy atom. The molecule has 0 aromatic carbocycles. The second kappa shape index (κ2) is 6.12. The summed E-state index contributed by atoms with van der Waals surface area (Å²) in [6.07, 6.45) is 10.7. The van der Waals surface area contributed by atoms with Crippen molar-refractivity contribution in [3.63, 3.8) is 0 Å². The molecule has 4 unspecified atom stereocenters. The summed E-state index contributed by atoms with van der Waals surface area (Å²) in [4.78, 5) is 0. The number of fused-ring (bicyclic) bond motifs is 2. The van der Waals surface area contributed by atoms with Crippen LogP contribution in [0.4, 0.5) is 0 Å². The van der Waals surface area contributed by atoms with Gasteiger partial charge in [0, 0.05) is 23.9 Å². The first-order valence-corrected chi connectivity index (χ1v) is 8.99. The van der Waals surface area contributed by atoms with Gasteiger partial charge in [0.05, 0.1) is 12.6 Å². The molecule has 1 saturated carbocycles. The summed E-state index contributed by atoms with van der Waals surface area (Å²) in [5.74, 6) is 1.85. The number of rotatable bonds is 3. The maximum absolute atomic E-state index is 12.2. The molecule has 0 amide bonds. The summed E-state index contributed by atoms with van der Waals surface area (Å²) in [5.41, 5.74) is 0. The zero-order chi connectivity index (χ0) is 12.4. The molecule has 2 aliphatic heterocycles. The molecule has 1 N–H and O–H groups in total. The van der Waals surface area contributed by atoms with Crippen LogP contribution in [0.25, 0.3) is 0 Å². The van der Waals surface area contributed by atoms with E-state index >= 15 is 0 Å². The van der Waals surface area contributed by atoms with Gasteiger partial charge in [-0.05, 0) is 31.6 Å². The van der Waals surface area contributed by atoms with Crippen LogP contribution in [0, 0.1) is 5.92 Å². The van der Waals surface area contributed by atoms with Crippen LogP contribution in [0.15, 0.2) is 0 Å². The van der Waals surface area contributed by atoms with Crippen molar-refractivity contribution in [2.24, 2.45) is 5.92 Å². The van der Waals surface area contributed by atoms with Crippen molar-refractivity contribution in [2.75, 3.05) is 18.8 Å². The molecule has 1 aliphatic carbocycles. The van der Waals surface area contributed by atoms with Crippen molar-refractivity contribution in [1.29, 1.82) is 0 Å². The maximum atomic E-state index is 12.2. The van der Waals surface area contributed by atoms with Gasteiger partial charge in [-0.2, -0.15) is 0 Å². The molecule has 3 rings (SSSR count). The monoisotopic (exact) mass is 270 g/mol. The second-order valence-electron chi connectivity index (χ2n) is 6.25. The van der Waals surface area contributed by atoms with Crippen LogP contribution < -0.4 is 5.32 Å². The Balaban J connectivity index is 1.54. The lowest BCUT2D eigenvalue weighted by Gasteiger charge is -2.37. The van der Waals surface area contributed by atoms with E-state index in [1.165, 1.54) is 44.9 Å². The van der Waals surface area contributed by atoms with E-state index in [1.54, 1.807) is 0 Å². The average Bonchev–Trinajstić information content (AvgIpc) is 2.85. The molecule has 0 radical (unpaired) electrons. The van der Waals surface area contributed by atoms with Gasteiger partial charge in [0.15, 0.2) is 0 Å². The van der Waals surface area contributed by atoms with Gasteiger partial charge in [-0.3, -0.25) is 0 Å². The molecule has 2 bridgehead atoms. The number of nitrogens with one attached hydrogen (secondary N) is 1. The standard InChI is InChI=1S/C14H26N2OS/c17-18-9-3-6-13-11-16(18)14(10-15-13)8-7-12-4-1-2-5-12/h12-15H,1-11H2. The Morgan fingerprint density at radius 3 is 2.78 bits per heavy atom. The van der Waals surface area contributed by atoms with Crippen LogP contribution in [0.1, 0.15) is 51.4 Å². The second-order valence-corrected chi connectivity index (χ2v) is 7.77. The third-order valence-corrected chi connectivity index (χ3v) is 6.57. The largest absolute Gasteiger partial charge is 0.598 e. The minimum absolute atomic E-state index is 0.529. The first-order chi connectivity index (χ1) is 8.83. The van der Waals surface area contributed by atoms with E-state index in [2.05, 4.69) is 9.62 Å². The van der Waals surface area contributed by atoms with Crippen molar-refractivity contribution in [1.82, 2.24) is 9.62 Å². The van der Waals surface area contributed by atoms with Crippen LogP contribution in [-0.2, 0) is 11.4 Å². The molecule has 0 aromatic rings. The highest BCUT2D eigenvalue weighted by Gasteiger charge is 2.37. The SMILES string of the molecule is [O-][S+]1CCCC2CN1C(CCC1CCCC1)CN2. The molecular weight excluding hydrogens is 244 g/mol. The van der Waals surface area contributed by atoms with E-state index in [9.17, 15) is 4.55 Å². The zero-order valence-electron chi connectivity index (χ0n) is 11.3. The molecule has 2 saturated heterocycles. The first-order valence-electron chi connectivity index (χ1n) is 7.71. The summed E-state index contributed by atoms with van der Waals surface area (Å²) in [6, 6.07) is 1.12. The zero-order valence-corrected chi connectivity index (χ0v) is 12.1.